The van der Waals surface area contributed by atoms with Crippen LogP contribution in [0.5, 0.6) is 5.75 Å². The second-order valence-electron chi connectivity index (χ2n) is 4.77. The number of aryl methyl sites for hydroxylation is 2. The van der Waals surface area contributed by atoms with Gasteiger partial charge in [-0.25, -0.2) is 4.68 Å². The summed E-state index contributed by atoms with van der Waals surface area (Å²) in [6.07, 6.45) is 2.61. The maximum Gasteiger partial charge on any atom is 0.172 e. The monoisotopic (exact) mass is 273 g/mol. The molecular formula is C15H19N3O2. The molecule has 0 fully saturated rings. The van der Waals surface area contributed by atoms with Crippen molar-refractivity contribution in [2.24, 2.45) is 0 Å². The molecule has 106 valence electrons. The van der Waals surface area contributed by atoms with Gasteiger partial charge in [0.15, 0.2) is 6.29 Å². The lowest BCUT2D eigenvalue weighted by Gasteiger charge is -2.07. The quantitative estimate of drug-likeness (QED) is 0.574. The van der Waals surface area contributed by atoms with Gasteiger partial charge in [-0.1, -0.05) is 17.3 Å². The molecule has 0 aliphatic carbocycles. The first-order valence-electron chi connectivity index (χ1n) is 6.75. The standard InChI is InChI=1S/C15H19N3O2/c1-12-6-5-7-14(10-12)20-9-4-3-8-18-13(2)15(11-19)16-17-18/h5-7,10-11H,3-4,8-9H2,1-2H3. The Labute approximate surface area is 118 Å². The van der Waals surface area contributed by atoms with E-state index in [4.69, 9.17) is 4.74 Å². The average molecular weight is 273 g/mol. The molecule has 0 saturated heterocycles. The van der Waals surface area contributed by atoms with Gasteiger partial charge < -0.3 is 4.74 Å². The minimum Gasteiger partial charge on any atom is -0.494 e. The van der Waals surface area contributed by atoms with Gasteiger partial charge in [0.05, 0.1) is 12.3 Å². The molecule has 20 heavy (non-hydrogen) atoms. The van der Waals surface area contributed by atoms with Crippen LogP contribution < -0.4 is 4.74 Å². The fourth-order valence-corrected chi connectivity index (χ4v) is 1.95. The smallest absolute Gasteiger partial charge is 0.172 e. The van der Waals surface area contributed by atoms with Crippen LogP contribution in [0, 0.1) is 13.8 Å². The highest BCUT2D eigenvalue weighted by Gasteiger charge is 2.06. The van der Waals surface area contributed by atoms with E-state index < -0.39 is 0 Å². The predicted octanol–water partition coefficient (Wildman–Crippen LogP) is 2.57. The molecule has 1 aromatic carbocycles. The third-order valence-electron chi connectivity index (χ3n) is 3.15. The molecule has 0 spiro atoms. The van der Waals surface area contributed by atoms with Crippen LogP contribution >= 0.6 is 0 Å². The number of ether oxygens (including phenoxy) is 1. The average Bonchev–Trinajstić information content (AvgIpc) is 2.79. The van der Waals surface area contributed by atoms with E-state index in [2.05, 4.69) is 10.3 Å². The van der Waals surface area contributed by atoms with Crippen molar-refractivity contribution in [3.05, 3.63) is 41.2 Å². The molecule has 0 saturated carbocycles. The first kappa shape index (κ1) is 14.2. The van der Waals surface area contributed by atoms with E-state index in [1.165, 1.54) is 5.56 Å². The Bertz CT molecular complexity index is 578. The predicted molar refractivity (Wildman–Crippen MR) is 76.1 cm³/mol. The maximum atomic E-state index is 10.7. The lowest BCUT2D eigenvalue weighted by Crippen LogP contribution is -2.05. The van der Waals surface area contributed by atoms with Gasteiger partial charge in [-0.2, -0.15) is 0 Å². The summed E-state index contributed by atoms with van der Waals surface area (Å²) in [4.78, 5) is 10.7. The number of aromatic nitrogens is 3. The van der Waals surface area contributed by atoms with Crippen molar-refractivity contribution < 1.29 is 9.53 Å². The minimum absolute atomic E-state index is 0.418. The number of rotatable bonds is 7. The SMILES string of the molecule is Cc1cccc(OCCCCn2nnc(C=O)c2C)c1. The number of nitrogens with zero attached hydrogens (tertiary/aromatic N) is 3. The molecule has 5 nitrogen and oxygen atoms in total. The van der Waals surface area contributed by atoms with Gasteiger partial charge in [0.25, 0.3) is 0 Å². The molecule has 0 N–H and O–H groups in total. The van der Waals surface area contributed by atoms with E-state index in [-0.39, 0.29) is 0 Å². The summed E-state index contributed by atoms with van der Waals surface area (Å²) in [5, 5.41) is 7.75. The zero-order valence-corrected chi connectivity index (χ0v) is 11.9. The highest BCUT2D eigenvalue weighted by Crippen LogP contribution is 2.13. The molecule has 1 heterocycles. The molecule has 0 bridgehead atoms. The van der Waals surface area contributed by atoms with E-state index in [0.717, 1.165) is 37.1 Å². The van der Waals surface area contributed by atoms with Crippen molar-refractivity contribution in [1.29, 1.82) is 0 Å². The lowest BCUT2D eigenvalue weighted by atomic mass is 10.2. The zero-order valence-electron chi connectivity index (χ0n) is 11.9. The highest BCUT2D eigenvalue weighted by atomic mass is 16.5. The van der Waals surface area contributed by atoms with Crippen LogP contribution in [0.3, 0.4) is 0 Å². The van der Waals surface area contributed by atoms with Crippen LogP contribution in [0.4, 0.5) is 0 Å². The summed E-state index contributed by atoms with van der Waals surface area (Å²) in [6.45, 7) is 5.33. The second kappa shape index (κ2) is 6.84. The van der Waals surface area contributed by atoms with E-state index >= 15 is 0 Å². The number of unbranched alkanes of at least 4 members (excludes halogenated alkanes) is 1. The number of carbonyl (C=O) groups is 1. The maximum absolute atomic E-state index is 10.7. The first-order valence-corrected chi connectivity index (χ1v) is 6.75. The molecular weight excluding hydrogens is 254 g/mol. The summed E-state index contributed by atoms with van der Waals surface area (Å²) < 4.78 is 7.44. The van der Waals surface area contributed by atoms with Gasteiger partial charge in [0.2, 0.25) is 0 Å². The third-order valence-corrected chi connectivity index (χ3v) is 3.15. The molecule has 2 rings (SSSR count). The van der Waals surface area contributed by atoms with Crippen LogP contribution in [0.25, 0.3) is 0 Å². The summed E-state index contributed by atoms with van der Waals surface area (Å²) in [6, 6.07) is 8.03. The van der Waals surface area contributed by atoms with Gasteiger partial charge in [-0.05, 0) is 44.4 Å². The largest absolute Gasteiger partial charge is 0.494 e. The van der Waals surface area contributed by atoms with Crippen molar-refractivity contribution in [2.45, 2.75) is 33.2 Å². The molecule has 2 aromatic rings. The Morgan fingerprint density at radius 2 is 2.15 bits per heavy atom. The summed E-state index contributed by atoms with van der Waals surface area (Å²) >= 11 is 0. The second-order valence-corrected chi connectivity index (χ2v) is 4.77. The Morgan fingerprint density at radius 3 is 2.85 bits per heavy atom. The Kier molecular flexibility index (Phi) is 4.87. The van der Waals surface area contributed by atoms with Crippen molar-refractivity contribution in [3.8, 4) is 5.75 Å². The molecule has 0 aliphatic rings. The lowest BCUT2D eigenvalue weighted by molar-refractivity contribution is 0.111. The molecule has 0 atom stereocenters. The fourth-order valence-electron chi connectivity index (χ4n) is 1.95. The number of hydrogen-bond acceptors (Lipinski definition) is 4. The van der Waals surface area contributed by atoms with Crippen LogP contribution in [0.1, 0.15) is 34.6 Å². The van der Waals surface area contributed by atoms with Crippen molar-refractivity contribution in [1.82, 2.24) is 15.0 Å². The van der Waals surface area contributed by atoms with E-state index in [0.29, 0.717) is 12.3 Å². The van der Waals surface area contributed by atoms with Gasteiger partial charge in [-0.15, -0.1) is 5.10 Å². The molecule has 1 aromatic heterocycles. The molecule has 0 aliphatic heterocycles. The van der Waals surface area contributed by atoms with Gasteiger partial charge in [-0.3, -0.25) is 4.79 Å². The van der Waals surface area contributed by atoms with Crippen molar-refractivity contribution in [3.63, 3.8) is 0 Å². The van der Waals surface area contributed by atoms with E-state index in [1.807, 2.05) is 38.1 Å². The summed E-state index contributed by atoms with van der Waals surface area (Å²) in [5.74, 6) is 0.908. The van der Waals surface area contributed by atoms with Gasteiger partial charge in [0, 0.05) is 6.54 Å². The van der Waals surface area contributed by atoms with Crippen LogP contribution in [0.15, 0.2) is 24.3 Å². The third kappa shape index (κ3) is 3.66. The molecule has 0 radical (unpaired) electrons. The Balaban J connectivity index is 1.71. The van der Waals surface area contributed by atoms with Crippen LogP contribution in [-0.4, -0.2) is 27.9 Å². The fraction of sp³-hybridized carbons (Fsp3) is 0.400. The summed E-state index contributed by atoms with van der Waals surface area (Å²) in [7, 11) is 0. The first-order chi connectivity index (χ1) is 9.70. The van der Waals surface area contributed by atoms with E-state index in [1.54, 1.807) is 4.68 Å². The number of hydrogen-bond donors (Lipinski definition) is 0. The van der Waals surface area contributed by atoms with Crippen LogP contribution in [0.2, 0.25) is 0 Å². The number of benzene rings is 1. The van der Waals surface area contributed by atoms with E-state index in [9.17, 15) is 4.79 Å². The number of aldehydes is 1. The van der Waals surface area contributed by atoms with Gasteiger partial charge >= 0.3 is 0 Å². The minimum atomic E-state index is 0.418. The highest BCUT2D eigenvalue weighted by molar-refractivity contribution is 5.72. The van der Waals surface area contributed by atoms with Crippen molar-refractivity contribution in [2.75, 3.05) is 6.61 Å². The molecule has 0 amide bonds. The Hall–Kier alpha value is -2.17. The number of carbonyl (C=O) groups excluding carboxylic acids is 1. The molecule has 0 unspecified atom stereocenters. The Morgan fingerprint density at radius 1 is 1.30 bits per heavy atom. The van der Waals surface area contributed by atoms with Crippen LogP contribution in [-0.2, 0) is 6.54 Å². The zero-order chi connectivity index (χ0) is 14.4. The van der Waals surface area contributed by atoms with Crippen molar-refractivity contribution >= 4 is 6.29 Å². The molecule has 5 heteroatoms. The summed E-state index contributed by atoms with van der Waals surface area (Å²) in [5.41, 5.74) is 2.43. The topological polar surface area (TPSA) is 57.0 Å². The normalized spacial score (nSPS) is 10.5. The van der Waals surface area contributed by atoms with Gasteiger partial charge in [0.1, 0.15) is 11.4 Å².